The van der Waals surface area contributed by atoms with Crippen molar-refractivity contribution in [3.63, 3.8) is 0 Å². The first kappa shape index (κ1) is 18.0. The fourth-order valence-electron chi connectivity index (χ4n) is 4.90. The Morgan fingerprint density at radius 1 is 0.828 bits per heavy atom. The van der Waals surface area contributed by atoms with Crippen molar-refractivity contribution in [1.29, 1.82) is 0 Å². The van der Waals surface area contributed by atoms with Gasteiger partial charge >= 0.3 is 6.18 Å². The average Bonchev–Trinajstić information content (AvgIpc) is 2.73. The van der Waals surface area contributed by atoms with Crippen molar-refractivity contribution in [2.75, 3.05) is 5.32 Å². The second-order valence-corrected chi connectivity index (χ2v) is 7.70. The van der Waals surface area contributed by atoms with E-state index in [1.807, 2.05) is 24.3 Å². The predicted molar refractivity (Wildman–Crippen MR) is 105 cm³/mol. The number of hydrogen-bond acceptors (Lipinski definition) is 1. The molecule has 5 heteroatoms. The lowest BCUT2D eigenvalue weighted by Gasteiger charge is -2.44. The van der Waals surface area contributed by atoms with Crippen LogP contribution in [0.15, 0.2) is 72.8 Å². The van der Waals surface area contributed by atoms with E-state index in [2.05, 4.69) is 29.6 Å². The van der Waals surface area contributed by atoms with Gasteiger partial charge in [-0.05, 0) is 46.9 Å². The number of alkyl halides is 3. The molecule has 0 radical (unpaired) electrons. The third kappa shape index (κ3) is 2.92. The minimum Gasteiger partial charge on any atom is -0.326 e. The van der Waals surface area contributed by atoms with Gasteiger partial charge in [0.2, 0.25) is 5.91 Å². The molecule has 29 heavy (non-hydrogen) atoms. The van der Waals surface area contributed by atoms with Gasteiger partial charge in [-0.2, -0.15) is 13.2 Å². The summed E-state index contributed by atoms with van der Waals surface area (Å²) < 4.78 is 39.0. The van der Waals surface area contributed by atoms with Crippen LogP contribution in [0.2, 0.25) is 0 Å². The van der Waals surface area contributed by atoms with E-state index in [9.17, 15) is 18.0 Å². The van der Waals surface area contributed by atoms with E-state index >= 15 is 0 Å². The zero-order chi connectivity index (χ0) is 20.2. The van der Waals surface area contributed by atoms with Gasteiger partial charge in [-0.15, -0.1) is 0 Å². The largest absolute Gasteiger partial charge is 0.416 e. The number of carbonyl (C=O) groups is 1. The summed E-state index contributed by atoms with van der Waals surface area (Å²) in [7, 11) is 0. The first-order valence-electron chi connectivity index (χ1n) is 9.59. The van der Waals surface area contributed by atoms with Crippen molar-refractivity contribution in [3.8, 4) is 0 Å². The van der Waals surface area contributed by atoms with Gasteiger partial charge in [0.1, 0.15) is 0 Å². The minimum absolute atomic E-state index is 0.0850. The third-order valence-corrected chi connectivity index (χ3v) is 6.10. The highest BCUT2D eigenvalue weighted by molar-refractivity contribution is 5.94. The van der Waals surface area contributed by atoms with Gasteiger partial charge in [-0.3, -0.25) is 4.79 Å². The summed E-state index contributed by atoms with van der Waals surface area (Å²) in [6, 6.07) is 21.1. The zero-order valence-corrected chi connectivity index (χ0v) is 15.4. The van der Waals surface area contributed by atoms with E-state index in [4.69, 9.17) is 0 Å². The van der Waals surface area contributed by atoms with Crippen molar-refractivity contribution in [2.45, 2.75) is 24.4 Å². The normalized spacial score (nSPS) is 22.0. The molecule has 1 N–H and O–H groups in total. The molecule has 1 unspecified atom stereocenters. The van der Waals surface area contributed by atoms with Crippen LogP contribution in [0.4, 0.5) is 18.9 Å². The second kappa shape index (κ2) is 6.48. The highest BCUT2D eigenvalue weighted by atomic mass is 19.4. The van der Waals surface area contributed by atoms with Crippen LogP contribution >= 0.6 is 0 Å². The average molecular weight is 393 g/mol. The number of rotatable bonds is 2. The number of hydrogen-bond donors (Lipinski definition) is 1. The van der Waals surface area contributed by atoms with Crippen molar-refractivity contribution >= 4 is 11.6 Å². The number of benzene rings is 3. The van der Waals surface area contributed by atoms with Gasteiger partial charge in [0.15, 0.2) is 0 Å². The molecule has 3 aromatic rings. The molecule has 2 nitrogen and oxygen atoms in total. The zero-order valence-electron chi connectivity index (χ0n) is 15.4. The van der Waals surface area contributed by atoms with Crippen LogP contribution in [0, 0.1) is 5.92 Å². The quantitative estimate of drug-likeness (QED) is 0.573. The van der Waals surface area contributed by atoms with Gasteiger partial charge in [0, 0.05) is 17.5 Å². The molecule has 0 aliphatic heterocycles. The summed E-state index contributed by atoms with van der Waals surface area (Å²) in [4.78, 5) is 13.1. The van der Waals surface area contributed by atoms with E-state index in [1.54, 1.807) is 0 Å². The summed E-state index contributed by atoms with van der Waals surface area (Å²) in [6.07, 6.45) is -3.79. The third-order valence-electron chi connectivity index (χ3n) is 6.10. The lowest BCUT2D eigenvalue weighted by Crippen LogP contribution is -2.38. The molecule has 1 atom stereocenters. The van der Waals surface area contributed by atoms with Crippen LogP contribution in [0.3, 0.4) is 0 Å². The fourth-order valence-corrected chi connectivity index (χ4v) is 4.90. The molecule has 146 valence electrons. The lowest BCUT2D eigenvalue weighted by molar-refractivity contribution is -0.137. The maximum atomic E-state index is 13.1. The Morgan fingerprint density at radius 2 is 1.41 bits per heavy atom. The van der Waals surface area contributed by atoms with Crippen molar-refractivity contribution < 1.29 is 18.0 Å². The summed E-state index contributed by atoms with van der Waals surface area (Å²) in [5, 5.41) is 2.73. The molecule has 0 aromatic heterocycles. The summed E-state index contributed by atoms with van der Waals surface area (Å²) in [6.45, 7) is 0. The maximum Gasteiger partial charge on any atom is 0.416 e. The highest BCUT2D eigenvalue weighted by Crippen LogP contribution is 2.55. The first-order chi connectivity index (χ1) is 13.9. The number of carbonyl (C=O) groups excluding carboxylic acids is 1. The van der Waals surface area contributed by atoms with Gasteiger partial charge in [-0.1, -0.05) is 54.6 Å². The Balaban J connectivity index is 1.50. The molecule has 1 amide bonds. The standard InChI is InChI=1S/C24H18F3NO/c25-24(26,27)14-6-5-7-15(12-14)28-23(29)21-13-20-16-8-1-3-10-18(16)22(21)19-11-4-2-9-17(19)20/h1-12,20-22H,13H2,(H,28,29). The Hall–Kier alpha value is -3.08. The van der Waals surface area contributed by atoms with E-state index in [-0.39, 0.29) is 29.3 Å². The predicted octanol–water partition coefficient (Wildman–Crippen LogP) is 5.94. The molecule has 0 spiro atoms. The van der Waals surface area contributed by atoms with Gasteiger partial charge < -0.3 is 5.32 Å². The Labute approximate surface area is 166 Å². The first-order valence-corrected chi connectivity index (χ1v) is 9.59. The Bertz CT molecular complexity index is 1060. The van der Waals surface area contributed by atoms with Gasteiger partial charge in [0.05, 0.1) is 11.5 Å². The number of nitrogens with one attached hydrogen (secondary N) is 1. The molecular formula is C24H18F3NO. The maximum absolute atomic E-state index is 13.1. The van der Waals surface area contributed by atoms with Gasteiger partial charge in [0.25, 0.3) is 0 Å². The van der Waals surface area contributed by atoms with E-state index in [0.717, 1.165) is 23.3 Å². The van der Waals surface area contributed by atoms with Gasteiger partial charge in [-0.25, -0.2) is 0 Å². The van der Waals surface area contributed by atoms with E-state index < -0.39 is 11.7 Å². The van der Waals surface area contributed by atoms with Crippen LogP contribution < -0.4 is 5.32 Å². The highest BCUT2D eigenvalue weighted by Gasteiger charge is 2.46. The topological polar surface area (TPSA) is 29.1 Å². The molecule has 0 fully saturated rings. The Kier molecular flexibility index (Phi) is 4.02. The number of fused-ring (bicyclic) bond motifs is 1. The molecule has 3 aliphatic carbocycles. The molecule has 0 saturated carbocycles. The number of amides is 1. The monoisotopic (exact) mass is 393 g/mol. The molecule has 6 rings (SSSR count). The molecule has 0 heterocycles. The second-order valence-electron chi connectivity index (χ2n) is 7.70. The van der Waals surface area contributed by atoms with Crippen LogP contribution in [-0.2, 0) is 11.0 Å². The van der Waals surface area contributed by atoms with Crippen LogP contribution in [0.25, 0.3) is 0 Å². The molecule has 0 saturated heterocycles. The minimum atomic E-state index is -4.44. The summed E-state index contributed by atoms with van der Waals surface area (Å²) in [5.41, 5.74) is 4.20. The number of anilines is 1. The lowest BCUT2D eigenvalue weighted by atomic mass is 9.59. The fraction of sp³-hybridized carbons (Fsp3) is 0.208. The van der Waals surface area contributed by atoms with E-state index in [0.29, 0.717) is 6.42 Å². The van der Waals surface area contributed by atoms with Crippen LogP contribution in [0.1, 0.15) is 46.1 Å². The molecule has 2 bridgehead atoms. The smallest absolute Gasteiger partial charge is 0.326 e. The molecule has 3 aromatic carbocycles. The Morgan fingerprint density at radius 3 is 2.00 bits per heavy atom. The van der Waals surface area contributed by atoms with Crippen molar-refractivity contribution in [2.24, 2.45) is 5.92 Å². The number of halogens is 3. The van der Waals surface area contributed by atoms with Crippen molar-refractivity contribution in [1.82, 2.24) is 0 Å². The SMILES string of the molecule is O=C(Nc1cccc(C(F)(F)F)c1)C1CC2c3ccccc3C1c1ccccc12. The molecule has 3 aliphatic rings. The van der Waals surface area contributed by atoms with E-state index in [1.165, 1.54) is 23.3 Å². The summed E-state index contributed by atoms with van der Waals surface area (Å²) in [5.74, 6) is -0.509. The van der Waals surface area contributed by atoms with Crippen molar-refractivity contribution in [3.05, 3.63) is 101 Å². The summed E-state index contributed by atoms with van der Waals surface area (Å²) >= 11 is 0. The molecular weight excluding hydrogens is 375 g/mol. The van der Waals surface area contributed by atoms with Crippen LogP contribution in [-0.4, -0.2) is 5.91 Å². The van der Waals surface area contributed by atoms with Crippen LogP contribution in [0.5, 0.6) is 0 Å².